The van der Waals surface area contributed by atoms with Crippen molar-refractivity contribution in [1.82, 2.24) is 30.2 Å². The molecule has 2 radical (unpaired) electrons. The topological polar surface area (TPSA) is 138 Å². The minimum Gasteiger partial charge on any atom is -0.458 e. The molecule has 0 aliphatic carbocycles. The molecule has 0 unspecified atom stereocenters. The molecule has 4 heterocycles. The van der Waals surface area contributed by atoms with E-state index in [4.69, 9.17) is 22.1 Å². The fourth-order valence-corrected chi connectivity index (χ4v) is 7.44. The molecule has 48 heavy (non-hydrogen) atoms. The van der Waals surface area contributed by atoms with Crippen molar-refractivity contribution in [2.24, 2.45) is 17.8 Å². The number of amides is 1. The van der Waals surface area contributed by atoms with Crippen molar-refractivity contribution >= 4 is 25.7 Å². The number of esters is 1. The molecule has 2 saturated heterocycles. The summed E-state index contributed by atoms with van der Waals surface area (Å²) in [5.74, 6) is -3.14. The number of cyclic esters (lactones) is 1. The van der Waals surface area contributed by atoms with E-state index in [1.165, 1.54) is 0 Å². The van der Waals surface area contributed by atoms with Crippen LogP contribution in [-0.2, 0) is 30.3 Å². The lowest BCUT2D eigenvalue weighted by molar-refractivity contribution is -0.170. The Bertz CT molecular complexity index is 1390. The lowest BCUT2D eigenvalue weighted by Gasteiger charge is -2.41. The first kappa shape index (κ1) is 37.5. The SMILES string of the molecule is [B][C@@H]1[C@@H](C)C(=O)[C@@H](C)C(=O)O[C@H](CC)[C@@]2(C)OC(=O)N(CCCCCn3cc(-c4ccccn4)nn3)[C@@H]2[C@@H](C)NC[C@H](C)C[C@@]1(C)OC. The summed E-state index contributed by atoms with van der Waals surface area (Å²) in [6.07, 6.45) is 5.86. The molecule has 9 atom stereocenters. The van der Waals surface area contributed by atoms with Crippen molar-refractivity contribution in [2.45, 2.75) is 122 Å². The third kappa shape index (κ3) is 8.10. The predicted molar refractivity (Wildman–Crippen MR) is 182 cm³/mol. The van der Waals surface area contributed by atoms with Gasteiger partial charge in [-0.25, -0.2) is 4.79 Å². The van der Waals surface area contributed by atoms with Crippen molar-refractivity contribution in [2.75, 3.05) is 20.2 Å². The van der Waals surface area contributed by atoms with E-state index < -0.39 is 53.1 Å². The Morgan fingerprint density at radius 2 is 1.79 bits per heavy atom. The van der Waals surface area contributed by atoms with Crippen LogP contribution in [0, 0.1) is 17.8 Å². The van der Waals surface area contributed by atoms with E-state index in [-0.39, 0.29) is 17.7 Å². The van der Waals surface area contributed by atoms with Crippen LogP contribution < -0.4 is 5.32 Å². The monoisotopic (exact) mass is 664 g/mol. The van der Waals surface area contributed by atoms with Gasteiger partial charge in [0.1, 0.15) is 23.5 Å². The zero-order chi connectivity index (χ0) is 35.2. The highest BCUT2D eigenvalue weighted by Gasteiger charge is 2.58. The number of aromatic nitrogens is 4. The maximum absolute atomic E-state index is 13.6. The van der Waals surface area contributed by atoms with Gasteiger partial charge in [-0.1, -0.05) is 32.1 Å². The van der Waals surface area contributed by atoms with E-state index in [1.807, 2.05) is 56.8 Å². The van der Waals surface area contributed by atoms with Crippen LogP contribution in [0.5, 0.6) is 0 Å². The number of fused-ring (bicyclic) bond motifs is 1. The van der Waals surface area contributed by atoms with Crippen LogP contribution in [-0.4, -0.2) is 100 Å². The number of hydrogen-bond donors (Lipinski definition) is 1. The second kappa shape index (κ2) is 15.9. The van der Waals surface area contributed by atoms with Gasteiger partial charge >= 0.3 is 12.1 Å². The molecule has 2 aliphatic heterocycles. The fraction of sp³-hybridized carbons (Fsp3) is 0.714. The van der Waals surface area contributed by atoms with Crippen LogP contribution in [0.3, 0.4) is 0 Å². The van der Waals surface area contributed by atoms with Gasteiger partial charge in [-0.3, -0.25) is 24.2 Å². The van der Waals surface area contributed by atoms with Gasteiger partial charge in [0.15, 0.2) is 5.60 Å². The Morgan fingerprint density at radius 1 is 1.06 bits per heavy atom. The Balaban J connectivity index is 1.50. The number of methoxy groups -OCH3 is 1. The molecular weight excluding hydrogens is 611 g/mol. The van der Waals surface area contributed by atoms with E-state index >= 15 is 0 Å². The summed E-state index contributed by atoms with van der Waals surface area (Å²) in [5.41, 5.74) is -0.442. The average molecular weight is 665 g/mol. The summed E-state index contributed by atoms with van der Waals surface area (Å²) in [5, 5.41) is 12.1. The molecule has 1 amide bonds. The van der Waals surface area contributed by atoms with Crippen LogP contribution in [0.15, 0.2) is 30.6 Å². The lowest BCUT2D eigenvalue weighted by Crippen LogP contribution is -2.60. The van der Waals surface area contributed by atoms with Gasteiger partial charge in [0.2, 0.25) is 0 Å². The van der Waals surface area contributed by atoms with Gasteiger partial charge in [0, 0.05) is 38.4 Å². The molecule has 4 rings (SSSR count). The smallest absolute Gasteiger partial charge is 0.410 e. The normalized spacial score (nSPS) is 33.8. The molecule has 2 fully saturated rings. The van der Waals surface area contributed by atoms with Crippen molar-refractivity contribution in [3.05, 3.63) is 30.6 Å². The molecule has 262 valence electrons. The molecule has 0 spiro atoms. The maximum atomic E-state index is 13.6. The Hall–Kier alpha value is -3.32. The van der Waals surface area contributed by atoms with Crippen molar-refractivity contribution < 1.29 is 28.6 Å². The fourth-order valence-electron chi connectivity index (χ4n) is 7.44. The van der Waals surface area contributed by atoms with Crippen LogP contribution in [0.2, 0.25) is 5.82 Å². The number of Topliss-reactive ketones (excluding diaryl/α,β-unsaturated/α-hetero) is 1. The first-order chi connectivity index (χ1) is 22.8. The molecule has 0 saturated carbocycles. The largest absolute Gasteiger partial charge is 0.458 e. The van der Waals surface area contributed by atoms with Crippen molar-refractivity contribution in [3.63, 3.8) is 0 Å². The van der Waals surface area contributed by atoms with Gasteiger partial charge in [0.05, 0.1) is 31.4 Å². The third-order valence-electron chi connectivity index (χ3n) is 10.4. The van der Waals surface area contributed by atoms with Crippen molar-refractivity contribution in [3.8, 4) is 11.4 Å². The molecule has 12 nitrogen and oxygen atoms in total. The molecule has 2 aromatic heterocycles. The molecule has 0 aromatic carbocycles. The van der Waals surface area contributed by atoms with Crippen LogP contribution in [0.25, 0.3) is 11.4 Å². The van der Waals surface area contributed by atoms with Gasteiger partial charge in [-0.15, -0.1) is 5.10 Å². The molecule has 0 bridgehead atoms. The summed E-state index contributed by atoms with van der Waals surface area (Å²) in [4.78, 5) is 46.7. The summed E-state index contributed by atoms with van der Waals surface area (Å²) >= 11 is 0. The minimum atomic E-state index is -1.15. The predicted octanol–water partition coefficient (Wildman–Crippen LogP) is 4.63. The van der Waals surface area contributed by atoms with Gasteiger partial charge in [0.25, 0.3) is 0 Å². The summed E-state index contributed by atoms with van der Waals surface area (Å²) in [6.45, 7) is 14.9. The molecule has 2 aromatic rings. The number of ether oxygens (including phenoxy) is 3. The van der Waals surface area contributed by atoms with Gasteiger partial charge in [-0.05, 0) is 90.2 Å². The van der Waals surface area contributed by atoms with Crippen LogP contribution in [0.1, 0.15) is 80.6 Å². The molecular formula is C35H53BN6O6. The van der Waals surface area contributed by atoms with E-state index in [0.717, 1.165) is 30.7 Å². The van der Waals surface area contributed by atoms with Crippen LogP contribution >= 0.6 is 0 Å². The van der Waals surface area contributed by atoms with E-state index in [9.17, 15) is 14.4 Å². The summed E-state index contributed by atoms with van der Waals surface area (Å²) < 4.78 is 19.9. The summed E-state index contributed by atoms with van der Waals surface area (Å²) in [7, 11) is 8.26. The number of pyridine rings is 1. The highest BCUT2D eigenvalue weighted by molar-refractivity contribution is 6.15. The number of ketones is 1. The molecule has 1 N–H and O–H groups in total. The van der Waals surface area contributed by atoms with Crippen molar-refractivity contribution in [1.29, 1.82) is 0 Å². The second-order valence-electron chi connectivity index (χ2n) is 14.1. The Morgan fingerprint density at radius 3 is 2.46 bits per heavy atom. The highest BCUT2D eigenvalue weighted by atomic mass is 16.6. The molecule has 2 aliphatic rings. The number of aryl methyl sites for hydroxylation is 1. The Kier molecular flexibility index (Phi) is 12.4. The van der Waals surface area contributed by atoms with Gasteiger partial charge in [-0.2, -0.15) is 0 Å². The standard InChI is InChI=1S/C35H53BN6O6/c1-9-28-35(7)31(25(5)38-20-22(2)19-34(6,46-8)30(36)23(3)29(43)24(4)32(44)47-28)42(33(45)48-35)18-14-10-13-17-41-21-27(39-40-41)26-15-11-12-16-37-26/h11-12,15-16,21-25,28,30-31,38H,9-10,13-14,17-20H2,1-8H3/t22-,23+,24-,25-,28-,30-,31-,34-,35-/m1/s1. The number of rotatable bonds is 9. The quantitative estimate of drug-likeness (QED) is 0.175. The number of nitrogens with one attached hydrogen (secondary N) is 1. The number of unbranched alkanes of at least 4 members (excludes halogenated alkanes) is 2. The Labute approximate surface area is 286 Å². The highest BCUT2D eigenvalue weighted by Crippen LogP contribution is 2.40. The second-order valence-corrected chi connectivity index (χ2v) is 14.1. The number of nitrogens with zero attached hydrogens (tertiary/aromatic N) is 5. The number of carbonyl (C=O) groups is 3. The molecule has 13 heteroatoms. The first-order valence-electron chi connectivity index (χ1n) is 17.3. The summed E-state index contributed by atoms with van der Waals surface area (Å²) in [6, 6.07) is 5.04. The average Bonchev–Trinajstić information content (AvgIpc) is 3.66. The third-order valence-corrected chi connectivity index (χ3v) is 10.4. The van der Waals surface area contributed by atoms with E-state index in [2.05, 4.69) is 27.5 Å². The lowest BCUT2D eigenvalue weighted by atomic mass is 9.62. The zero-order valence-electron chi connectivity index (χ0n) is 29.8. The zero-order valence-corrected chi connectivity index (χ0v) is 29.8. The number of hydrogen-bond acceptors (Lipinski definition) is 10. The van der Waals surface area contributed by atoms with E-state index in [1.54, 1.807) is 32.1 Å². The number of carbonyl (C=O) groups excluding carboxylic acids is 3. The first-order valence-corrected chi connectivity index (χ1v) is 17.3. The van der Waals surface area contributed by atoms with E-state index in [0.29, 0.717) is 32.5 Å². The maximum Gasteiger partial charge on any atom is 0.410 e. The van der Waals surface area contributed by atoms with Crippen LogP contribution in [0.4, 0.5) is 4.79 Å². The minimum absolute atomic E-state index is 0.126. The van der Waals surface area contributed by atoms with Gasteiger partial charge < -0.3 is 19.5 Å².